The molecule has 1 spiro atoms. The number of nitrogens with one attached hydrogen (secondary N) is 1. The summed E-state index contributed by atoms with van der Waals surface area (Å²) in [7, 11) is 0. The lowest BCUT2D eigenvalue weighted by Gasteiger charge is -2.45. The van der Waals surface area contributed by atoms with Crippen molar-refractivity contribution in [3.05, 3.63) is 0 Å². The van der Waals surface area contributed by atoms with E-state index >= 15 is 0 Å². The Morgan fingerprint density at radius 3 is 2.80 bits per heavy atom. The van der Waals surface area contributed by atoms with Gasteiger partial charge in [0.15, 0.2) is 0 Å². The molecule has 0 bridgehead atoms. The summed E-state index contributed by atoms with van der Waals surface area (Å²) in [6.07, 6.45) is 7.18. The van der Waals surface area contributed by atoms with Gasteiger partial charge in [-0.05, 0) is 38.1 Å². The molecule has 2 aliphatic rings. The van der Waals surface area contributed by atoms with Gasteiger partial charge in [-0.25, -0.2) is 0 Å². The van der Waals surface area contributed by atoms with Crippen molar-refractivity contribution in [2.75, 3.05) is 6.54 Å². The first-order valence-electron chi connectivity index (χ1n) is 4.60. The maximum absolute atomic E-state index is 3.63. The van der Waals surface area contributed by atoms with Gasteiger partial charge in [0.1, 0.15) is 0 Å². The lowest BCUT2D eigenvalue weighted by molar-refractivity contribution is 0.121. The number of hydrogen-bond donors (Lipinski definition) is 1. The van der Waals surface area contributed by atoms with Gasteiger partial charge in [0, 0.05) is 5.54 Å². The summed E-state index contributed by atoms with van der Waals surface area (Å²) in [4.78, 5) is 0. The third-order valence-corrected chi connectivity index (χ3v) is 3.27. The Bertz CT molecular complexity index is 117. The zero-order chi connectivity index (χ0) is 7.03. The fourth-order valence-corrected chi connectivity index (χ4v) is 2.55. The monoisotopic (exact) mass is 139 g/mol. The van der Waals surface area contributed by atoms with Gasteiger partial charge < -0.3 is 5.32 Å². The molecule has 1 saturated carbocycles. The lowest BCUT2D eigenvalue weighted by Crippen LogP contribution is -2.51. The number of rotatable bonds is 1. The molecule has 0 radical (unpaired) electrons. The maximum atomic E-state index is 3.63. The molecule has 1 heteroatoms. The summed E-state index contributed by atoms with van der Waals surface area (Å²) in [5, 5.41) is 3.63. The van der Waals surface area contributed by atoms with Crippen LogP contribution in [0.5, 0.6) is 0 Å². The molecule has 1 nitrogen and oxygen atoms in total. The first-order valence-corrected chi connectivity index (χ1v) is 4.60. The van der Waals surface area contributed by atoms with E-state index in [0.717, 1.165) is 5.92 Å². The van der Waals surface area contributed by atoms with Crippen LogP contribution in [-0.4, -0.2) is 12.1 Å². The molecule has 0 aromatic heterocycles. The van der Waals surface area contributed by atoms with Gasteiger partial charge >= 0.3 is 0 Å². The predicted molar refractivity (Wildman–Crippen MR) is 43.0 cm³/mol. The maximum Gasteiger partial charge on any atom is 0.0187 e. The molecule has 2 fully saturated rings. The van der Waals surface area contributed by atoms with E-state index in [1.807, 2.05) is 0 Å². The fourth-order valence-electron chi connectivity index (χ4n) is 2.55. The second-order valence-electron chi connectivity index (χ2n) is 3.99. The molecule has 1 aliphatic heterocycles. The Morgan fingerprint density at radius 2 is 2.30 bits per heavy atom. The van der Waals surface area contributed by atoms with Gasteiger partial charge in [0.2, 0.25) is 0 Å². The van der Waals surface area contributed by atoms with Crippen LogP contribution in [0.1, 0.15) is 39.0 Å². The molecule has 0 unspecified atom stereocenters. The van der Waals surface area contributed by atoms with Crippen LogP contribution in [0, 0.1) is 5.92 Å². The Kier molecular flexibility index (Phi) is 1.48. The van der Waals surface area contributed by atoms with E-state index in [0.29, 0.717) is 5.54 Å². The van der Waals surface area contributed by atoms with Crippen LogP contribution in [0.2, 0.25) is 0 Å². The van der Waals surface area contributed by atoms with E-state index in [9.17, 15) is 0 Å². The van der Waals surface area contributed by atoms with Crippen LogP contribution in [-0.2, 0) is 0 Å². The molecule has 0 aromatic rings. The lowest BCUT2D eigenvalue weighted by atomic mass is 9.67. The van der Waals surface area contributed by atoms with Gasteiger partial charge in [-0.1, -0.05) is 13.3 Å². The van der Waals surface area contributed by atoms with E-state index in [4.69, 9.17) is 0 Å². The first kappa shape index (κ1) is 6.66. The molecule has 1 aliphatic carbocycles. The second kappa shape index (κ2) is 2.23. The molecule has 10 heavy (non-hydrogen) atoms. The molecule has 1 N–H and O–H groups in total. The summed E-state index contributed by atoms with van der Waals surface area (Å²) in [6, 6.07) is 0. The summed E-state index contributed by atoms with van der Waals surface area (Å²) in [5.74, 6) is 1.05. The Morgan fingerprint density at radius 1 is 1.50 bits per heavy atom. The molecule has 1 saturated heterocycles. The highest BCUT2D eigenvalue weighted by molar-refractivity contribution is 5.03. The fraction of sp³-hybridized carbons (Fsp3) is 1.00. The Labute approximate surface area is 63.2 Å². The molecule has 58 valence electrons. The zero-order valence-corrected chi connectivity index (χ0v) is 6.82. The van der Waals surface area contributed by atoms with Crippen molar-refractivity contribution < 1.29 is 0 Å². The van der Waals surface area contributed by atoms with Crippen LogP contribution in [0.15, 0.2) is 0 Å². The van der Waals surface area contributed by atoms with E-state index in [1.54, 1.807) is 0 Å². The van der Waals surface area contributed by atoms with Crippen molar-refractivity contribution in [3.8, 4) is 0 Å². The van der Waals surface area contributed by atoms with Crippen molar-refractivity contribution >= 4 is 0 Å². The molecular weight excluding hydrogens is 122 g/mol. The van der Waals surface area contributed by atoms with Crippen molar-refractivity contribution in [1.82, 2.24) is 5.32 Å². The third kappa shape index (κ3) is 0.878. The van der Waals surface area contributed by atoms with Crippen LogP contribution in [0.4, 0.5) is 0 Å². The molecule has 2 rings (SSSR count). The second-order valence-corrected chi connectivity index (χ2v) is 3.99. The average molecular weight is 139 g/mol. The molecule has 1 heterocycles. The third-order valence-electron chi connectivity index (χ3n) is 3.27. The van der Waals surface area contributed by atoms with Gasteiger partial charge in [0.05, 0.1) is 0 Å². The number of hydrogen-bond acceptors (Lipinski definition) is 1. The molecular formula is C9H17N. The average Bonchev–Trinajstić information content (AvgIpc) is 2.30. The Hall–Kier alpha value is -0.0400. The van der Waals surface area contributed by atoms with E-state index in [2.05, 4.69) is 12.2 Å². The molecule has 0 aromatic carbocycles. The van der Waals surface area contributed by atoms with E-state index in [1.165, 1.54) is 38.6 Å². The van der Waals surface area contributed by atoms with Crippen molar-refractivity contribution in [1.29, 1.82) is 0 Å². The topological polar surface area (TPSA) is 12.0 Å². The largest absolute Gasteiger partial charge is 0.311 e. The summed E-state index contributed by atoms with van der Waals surface area (Å²) in [6.45, 7) is 3.59. The molecule has 0 atom stereocenters. The van der Waals surface area contributed by atoms with Gasteiger partial charge in [0.25, 0.3) is 0 Å². The normalized spacial score (nSPS) is 45.9. The van der Waals surface area contributed by atoms with Crippen LogP contribution < -0.4 is 5.32 Å². The zero-order valence-electron chi connectivity index (χ0n) is 6.82. The quantitative estimate of drug-likeness (QED) is 0.585. The van der Waals surface area contributed by atoms with Crippen LogP contribution in [0.25, 0.3) is 0 Å². The smallest absolute Gasteiger partial charge is 0.0187 e. The highest BCUT2D eigenvalue weighted by Crippen LogP contribution is 2.44. The Balaban J connectivity index is 1.86. The van der Waals surface area contributed by atoms with Crippen LogP contribution >= 0.6 is 0 Å². The summed E-state index contributed by atoms with van der Waals surface area (Å²) >= 11 is 0. The predicted octanol–water partition coefficient (Wildman–Crippen LogP) is 1.93. The highest BCUT2D eigenvalue weighted by atomic mass is 15.0. The minimum absolute atomic E-state index is 0.640. The summed E-state index contributed by atoms with van der Waals surface area (Å²) in [5.41, 5.74) is 0.640. The van der Waals surface area contributed by atoms with Gasteiger partial charge in [-0.15, -0.1) is 0 Å². The van der Waals surface area contributed by atoms with Gasteiger partial charge in [-0.2, -0.15) is 0 Å². The van der Waals surface area contributed by atoms with Crippen molar-refractivity contribution in [3.63, 3.8) is 0 Å². The minimum Gasteiger partial charge on any atom is -0.311 e. The van der Waals surface area contributed by atoms with Crippen LogP contribution in [0.3, 0.4) is 0 Å². The standard InChI is InChI=1S/C9H17N/c1-2-8-6-9(7-8)4-3-5-10-9/h8,10H,2-7H2,1H3. The van der Waals surface area contributed by atoms with Gasteiger partial charge in [-0.3, -0.25) is 0 Å². The summed E-state index contributed by atoms with van der Waals surface area (Å²) < 4.78 is 0. The SMILES string of the molecule is CCC1CC2(CCCN2)C1. The molecule has 0 amide bonds. The van der Waals surface area contributed by atoms with E-state index in [-0.39, 0.29) is 0 Å². The first-order chi connectivity index (χ1) is 4.85. The van der Waals surface area contributed by atoms with Crippen molar-refractivity contribution in [2.45, 2.75) is 44.6 Å². The minimum atomic E-state index is 0.640. The van der Waals surface area contributed by atoms with E-state index < -0.39 is 0 Å². The van der Waals surface area contributed by atoms with Crippen molar-refractivity contribution in [2.24, 2.45) is 5.92 Å². The highest BCUT2D eigenvalue weighted by Gasteiger charge is 2.44.